The van der Waals surface area contributed by atoms with Crippen molar-refractivity contribution in [2.24, 2.45) is 0 Å². The van der Waals surface area contributed by atoms with Gasteiger partial charge in [-0.05, 0) is 61.0 Å². The SMILES string of the molecule is COc1cccc(-c2cc(C(=O)Nc3cc4ccc(O[C@@H]5OC[C@H]6OC(=O)O[C@@H]56)c(C)c4oc3=O)ccc2OC)c1. The molecule has 3 aromatic carbocycles. The van der Waals surface area contributed by atoms with Crippen molar-refractivity contribution in [2.75, 3.05) is 26.1 Å². The highest BCUT2D eigenvalue weighted by Crippen LogP contribution is 2.35. The third-order valence-corrected chi connectivity index (χ3v) is 6.97. The molecule has 6 rings (SSSR count). The Labute approximate surface area is 233 Å². The monoisotopic (exact) mass is 559 g/mol. The van der Waals surface area contributed by atoms with Crippen LogP contribution in [-0.2, 0) is 14.2 Å². The summed E-state index contributed by atoms with van der Waals surface area (Å²) in [4.78, 5) is 37.5. The van der Waals surface area contributed by atoms with Gasteiger partial charge in [0.15, 0.2) is 6.10 Å². The molecule has 0 unspecified atom stereocenters. The van der Waals surface area contributed by atoms with Crippen LogP contribution in [0, 0.1) is 6.92 Å². The van der Waals surface area contributed by atoms with Gasteiger partial charge in [-0.1, -0.05) is 12.1 Å². The van der Waals surface area contributed by atoms with Crippen molar-refractivity contribution >= 4 is 28.7 Å². The molecular formula is C30H25NO10. The largest absolute Gasteiger partial charge is 0.509 e. The first-order valence-electron chi connectivity index (χ1n) is 12.7. The summed E-state index contributed by atoms with van der Waals surface area (Å²) in [6.45, 7) is 1.88. The predicted octanol–water partition coefficient (Wildman–Crippen LogP) is 4.68. The van der Waals surface area contributed by atoms with Crippen molar-refractivity contribution in [1.82, 2.24) is 0 Å². The molecule has 210 valence electrons. The first kappa shape index (κ1) is 26.2. The Hall–Kier alpha value is -5.03. The van der Waals surface area contributed by atoms with E-state index in [9.17, 15) is 14.4 Å². The highest BCUT2D eigenvalue weighted by Gasteiger charge is 2.50. The van der Waals surface area contributed by atoms with Crippen LogP contribution in [0.2, 0.25) is 0 Å². The molecule has 3 atom stereocenters. The van der Waals surface area contributed by atoms with Crippen molar-refractivity contribution < 1.29 is 42.4 Å². The third kappa shape index (κ3) is 4.91. The van der Waals surface area contributed by atoms with E-state index in [4.69, 9.17) is 32.8 Å². The number of aryl methyl sites for hydroxylation is 1. The molecule has 2 fully saturated rings. The van der Waals surface area contributed by atoms with E-state index >= 15 is 0 Å². The van der Waals surface area contributed by atoms with Gasteiger partial charge in [0.1, 0.15) is 28.5 Å². The maximum absolute atomic E-state index is 13.2. The van der Waals surface area contributed by atoms with E-state index in [2.05, 4.69) is 5.32 Å². The van der Waals surface area contributed by atoms with Gasteiger partial charge in [0.25, 0.3) is 5.91 Å². The van der Waals surface area contributed by atoms with Crippen molar-refractivity contribution in [3.8, 4) is 28.4 Å². The lowest BCUT2D eigenvalue weighted by atomic mass is 10.0. The van der Waals surface area contributed by atoms with E-state index in [1.54, 1.807) is 51.5 Å². The Bertz CT molecular complexity index is 1730. The molecule has 4 aromatic rings. The van der Waals surface area contributed by atoms with Crippen molar-refractivity contribution in [3.63, 3.8) is 0 Å². The number of carbonyl (C=O) groups excluding carboxylic acids is 2. The van der Waals surface area contributed by atoms with Crippen LogP contribution in [0.25, 0.3) is 22.1 Å². The van der Waals surface area contributed by atoms with Crippen LogP contribution in [0.1, 0.15) is 15.9 Å². The summed E-state index contributed by atoms with van der Waals surface area (Å²) in [7, 11) is 3.12. The number of anilines is 1. The zero-order chi connectivity index (χ0) is 28.7. The fourth-order valence-electron chi connectivity index (χ4n) is 4.86. The first-order chi connectivity index (χ1) is 19.8. The normalized spacial score (nSPS) is 19.3. The molecule has 11 heteroatoms. The van der Waals surface area contributed by atoms with Gasteiger partial charge in [0.05, 0.1) is 20.8 Å². The molecular weight excluding hydrogens is 534 g/mol. The summed E-state index contributed by atoms with van der Waals surface area (Å²) < 4.78 is 38.0. The molecule has 0 aliphatic carbocycles. The van der Waals surface area contributed by atoms with E-state index in [0.717, 1.165) is 5.56 Å². The van der Waals surface area contributed by atoms with Crippen LogP contribution in [0.5, 0.6) is 17.2 Å². The number of fused-ring (bicyclic) bond motifs is 2. The smallest absolute Gasteiger partial charge is 0.497 e. The van der Waals surface area contributed by atoms with Crippen LogP contribution in [0.4, 0.5) is 10.5 Å². The number of methoxy groups -OCH3 is 2. The van der Waals surface area contributed by atoms with Crippen molar-refractivity contribution in [2.45, 2.75) is 25.4 Å². The summed E-state index contributed by atoms with van der Waals surface area (Å²) >= 11 is 0. The summed E-state index contributed by atoms with van der Waals surface area (Å²) in [5.74, 6) is 1.12. The summed E-state index contributed by atoms with van der Waals surface area (Å²) in [6, 6.07) is 17.3. The van der Waals surface area contributed by atoms with Crippen LogP contribution in [0.15, 0.2) is 69.9 Å². The van der Waals surface area contributed by atoms with Crippen LogP contribution >= 0.6 is 0 Å². The Morgan fingerprint density at radius 2 is 1.78 bits per heavy atom. The van der Waals surface area contributed by atoms with E-state index < -0.39 is 36.2 Å². The lowest BCUT2D eigenvalue weighted by Crippen LogP contribution is -2.32. The molecule has 0 radical (unpaired) electrons. The van der Waals surface area contributed by atoms with Crippen molar-refractivity contribution in [1.29, 1.82) is 0 Å². The summed E-state index contributed by atoms with van der Waals surface area (Å²) in [5, 5.41) is 3.22. The minimum atomic E-state index is -0.862. The lowest BCUT2D eigenvalue weighted by Gasteiger charge is -2.18. The number of ether oxygens (including phenoxy) is 6. The zero-order valence-corrected chi connectivity index (χ0v) is 22.3. The van der Waals surface area contributed by atoms with Gasteiger partial charge in [-0.15, -0.1) is 0 Å². The van der Waals surface area contributed by atoms with Crippen molar-refractivity contribution in [3.05, 3.63) is 82.2 Å². The number of hydrogen-bond acceptors (Lipinski definition) is 10. The van der Waals surface area contributed by atoms with Gasteiger partial charge in [-0.25, -0.2) is 9.59 Å². The summed E-state index contributed by atoms with van der Waals surface area (Å²) in [6.07, 6.45) is -2.85. The topological polar surface area (TPSA) is 132 Å². The molecule has 41 heavy (non-hydrogen) atoms. The first-order valence-corrected chi connectivity index (χ1v) is 12.7. The van der Waals surface area contributed by atoms with Gasteiger partial charge < -0.3 is 38.2 Å². The minimum Gasteiger partial charge on any atom is -0.497 e. The number of benzene rings is 3. The predicted molar refractivity (Wildman–Crippen MR) is 146 cm³/mol. The standard InChI is InChI=1S/C30H25NO10/c1-15-22(38-29-26-24(14-37-29)39-30(34)41-26)9-7-17-13-21(28(33)40-25(15)17)31-27(32)18-8-10-23(36-3)20(12-18)16-5-4-6-19(11-16)35-2/h4-13,24,26,29H,14H2,1-3H3,(H,31,32)/t24-,26-,29+/m1/s1. The highest BCUT2D eigenvalue weighted by atomic mass is 16.8. The summed E-state index contributed by atoms with van der Waals surface area (Å²) in [5.41, 5.74) is 1.86. The molecule has 3 heterocycles. The Balaban J connectivity index is 1.25. The molecule has 1 aromatic heterocycles. The Kier molecular flexibility index (Phi) is 6.72. The molecule has 2 saturated heterocycles. The van der Waals surface area contributed by atoms with Crippen LogP contribution in [-0.4, -0.2) is 51.4 Å². The second-order valence-corrected chi connectivity index (χ2v) is 9.46. The molecule has 1 N–H and O–H groups in total. The fraction of sp³-hybridized carbons (Fsp3) is 0.233. The van der Waals surface area contributed by atoms with Gasteiger partial charge in [0.2, 0.25) is 12.4 Å². The van der Waals surface area contributed by atoms with E-state index in [0.29, 0.717) is 39.3 Å². The maximum atomic E-state index is 13.2. The quantitative estimate of drug-likeness (QED) is 0.252. The minimum absolute atomic E-state index is 0.0219. The average molecular weight is 560 g/mol. The molecule has 0 spiro atoms. The molecule has 1 amide bonds. The lowest BCUT2D eigenvalue weighted by molar-refractivity contribution is -0.0909. The second-order valence-electron chi connectivity index (χ2n) is 9.46. The molecule has 0 bridgehead atoms. The molecule has 0 saturated carbocycles. The molecule has 11 nitrogen and oxygen atoms in total. The van der Waals surface area contributed by atoms with Crippen LogP contribution in [0.3, 0.4) is 0 Å². The van der Waals surface area contributed by atoms with Gasteiger partial charge in [-0.3, -0.25) is 4.79 Å². The van der Waals surface area contributed by atoms with Gasteiger partial charge in [0, 0.05) is 22.1 Å². The van der Waals surface area contributed by atoms with E-state index in [1.165, 1.54) is 6.07 Å². The fourth-order valence-corrected chi connectivity index (χ4v) is 4.86. The number of hydrogen-bond donors (Lipinski definition) is 1. The Morgan fingerprint density at radius 1 is 0.951 bits per heavy atom. The average Bonchev–Trinajstić information content (AvgIpc) is 3.54. The van der Waals surface area contributed by atoms with Gasteiger partial charge in [-0.2, -0.15) is 0 Å². The highest BCUT2D eigenvalue weighted by molar-refractivity contribution is 6.05. The molecule has 2 aliphatic rings. The maximum Gasteiger partial charge on any atom is 0.509 e. The second kappa shape index (κ2) is 10.5. The number of carbonyl (C=O) groups is 2. The zero-order valence-electron chi connectivity index (χ0n) is 22.3. The Morgan fingerprint density at radius 3 is 2.59 bits per heavy atom. The van der Waals surface area contributed by atoms with Crippen LogP contribution < -0.4 is 25.2 Å². The van der Waals surface area contributed by atoms with Gasteiger partial charge >= 0.3 is 11.8 Å². The van der Waals surface area contributed by atoms with E-state index in [1.807, 2.05) is 24.3 Å². The molecule has 2 aliphatic heterocycles. The third-order valence-electron chi connectivity index (χ3n) is 6.97. The number of amides is 1. The number of nitrogens with one attached hydrogen (secondary N) is 1. The van der Waals surface area contributed by atoms with E-state index in [-0.39, 0.29) is 17.9 Å². The number of rotatable bonds is 7.